The topological polar surface area (TPSA) is 26.0 Å². The van der Waals surface area contributed by atoms with Gasteiger partial charge in [-0.1, -0.05) is 55.9 Å². The first-order valence-corrected chi connectivity index (χ1v) is 6.54. The molecule has 0 atom stereocenters. The van der Waals surface area contributed by atoms with Crippen molar-refractivity contribution in [3.63, 3.8) is 0 Å². The minimum absolute atomic E-state index is 0.451. The summed E-state index contributed by atoms with van der Waals surface area (Å²) in [6.07, 6.45) is 0. The molecule has 0 saturated heterocycles. The number of rotatable bonds is 2. The fourth-order valence-corrected chi connectivity index (χ4v) is 2.56. The average molecular weight is 341 g/mol. The van der Waals surface area contributed by atoms with Crippen molar-refractivity contribution in [2.24, 2.45) is 0 Å². The molecule has 0 aliphatic carbocycles. The smallest absolute Gasteiger partial charge is 0.147 e. The summed E-state index contributed by atoms with van der Waals surface area (Å²) >= 11 is 21.2. The number of hydrogen-bond acceptors (Lipinski definition) is 2. The fourth-order valence-electron chi connectivity index (χ4n) is 1.28. The lowest BCUT2D eigenvalue weighted by Gasteiger charge is -2.03. The molecule has 2 nitrogen and oxygen atoms in total. The van der Waals surface area contributed by atoms with Gasteiger partial charge in [-0.3, -0.25) is 0 Å². The van der Waals surface area contributed by atoms with Crippen LogP contribution in [0, 0.1) is 0 Å². The van der Waals surface area contributed by atoms with Gasteiger partial charge in [0.1, 0.15) is 11.5 Å². The van der Waals surface area contributed by atoms with E-state index in [2.05, 4.69) is 21.1 Å². The lowest BCUT2D eigenvalue weighted by Crippen LogP contribution is -1.81. The summed E-state index contributed by atoms with van der Waals surface area (Å²) in [4.78, 5) is 0. The number of hydrogen-bond donors (Lipinski definition) is 0. The SMILES string of the molecule is Clc1cc(Cl)c(-c2cc(CBr)on2)c(Cl)c1. The van der Waals surface area contributed by atoms with Crippen molar-refractivity contribution in [2.75, 3.05) is 0 Å². The second-order valence-electron chi connectivity index (χ2n) is 3.06. The van der Waals surface area contributed by atoms with Crippen LogP contribution in [0.5, 0.6) is 0 Å². The molecule has 0 aliphatic heterocycles. The molecule has 1 heterocycles. The second-order valence-corrected chi connectivity index (χ2v) is 4.87. The van der Waals surface area contributed by atoms with E-state index in [1.807, 2.05) is 0 Å². The van der Waals surface area contributed by atoms with Gasteiger partial charge in [-0.25, -0.2) is 0 Å². The Morgan fingerprint density at radius 3 is 2.25 bits per heavy atom. The van der Waals surface area contributed by atoms with Crippen LogP contribution >= 0.6 is 50.7 Å². The van der Waals surface area contributed by atoms with Gasteiger partial charge >= 0.3 is 0 Å². The largest absolute Gasteiger partial charge is 0.360 e. The van der Waals surface area contributed by atoms with Crippen molar-refractivity contribution < 1.29 is 4.52 Å². The molecule has 0 N–H and O–H groups in total. The number of alkyl halides is 1. The van der Waals surface area contributed by atoms with Crippen molar-refractivity contribution >= 4 is 50.7 Å². The molecule has 0 saturated carbocycles. The van der Waals surface area contributed by atoms with Crippen LogP contribution in [0.1, 0.15) is 5.76 Å². The van der Waals surface area contributed by atoms with E-state index >= 15 is 0 Å². The monoisotopic (exact) mass is 339 g/mol. The highest BCUT2D eigenvalue weighted by Gasteiger charge is 2.14. The summed E-state index contributed by atoms with van der Waals surface area (Å²) in [6, 6.07) is 5.01. The molecule has 16 heavy (non-hydrogen) atoms. The van der Waals surface area contributed by atoms with Crippen molar-refractivity contribution in [1.29, 1.82) is 0 Å². The Morgan fingerprint density at radius 2 is 1.75 bits per heavy atom. The van der Waals surface area contributed by atoms with E-state index < -0.39 is 0 Å². The molecule has 0 unspecified atom stereocenters. The van der Waals surface area contributed by atoms with Gasteiger partial charge in [0.15, 0.2) is 0 Å². The summed E-state index contributed by atoms with van der Waals surface area (Å²) in [5.41, 5.74) is 1.23. The van der Waals surface area contributed by atoms with E-state index in [0.717, 1.165) is 0 Å². The maximum Gasteiger partial charge on any atom is 0.147 e. The van der Waals surface area contributed by atoms with Gasteiger partial charge in [-0.05, 0) is 12.1 Å². The Balaban J connectivity index is 2.55. The molecule has 1 aromatic carbocycles. The Hall–Kier alpha value is -0.220. The van der Waals surface area contributed by atoms with E-state index in [1.165, 1.54) is 0 Å². The zero-order valence-corrected chi connectivity index (χ0v) is 11.7. The first kappa shape index (κ1) is 12.2. The Labute approximate surface area is 116 Å². The van der Waals surface area contributed by atoms with Crippen molar-refractivity contribution in [1.82, 2.24) is 5.16 Å². The maximum atomic E-state index is 6.06. The number of nitrogens with zero attached hydrogens (tertiary/aromatic N) is 1. The molecule has 0 bridgehead atoms. The van der Waals surface area contributed by atoms with Crippen LogP contribution in [0.4, 0.5) is 0 Å². The number of aromatic nitrogens is 1. The number of halogens is 4. The summed E-state index contributed by atoms with van der Waals surface area (Å²) in [7, 11) is 0. The van der Waals surface area contributed by atoms with E-state index in [9.17, 15) is 0 Å². The molecular weight excluding hydrogens is 336 g/mol. The molecule has 1 aromatic heterocycles. The van der Waals surface area contributed by atoms with E-state index in [0.29, 0.717) is 37.4 Å². The van der Waals surface area contributed by atoms with Crippen LogP contribution in [0.3, 0.4) is 0 Å². The summed E-state index contributed by atoms with van der Waals surface area (Å²) < 4.78 is 5.06. The highest BCUT2D eigenvalue weighted by Crippen LogP contribution is 2.36. The molecule has 84 valence electrons. The van der Waals surface area contributed by atoms with Crippen LogP contribution in [-0.4, -0.2) is 5.16 Å². The highest BCUT2D eigenvalue weighted by atomic mass is 79.9. The predicted octanol–water partition coefficient (Wildman–Crippen LogP) is 5.20. The van der Waals surface area contributed by atoms with Gasteiger partial charge in [-0.2, -0.15) is 0 Å². The highest BCUT2D eigenvalue weighted by molar-refractivity contribution is 9.08. The van der Waals surface area contributed by atoms with Crippen LogP contribution < -0.4 is 0 Å². The van der Waals surface area contributed by atoms with Gasteiger partial charge in [0.2, 0.25) is 0 Å². The van der Waals surface area contributed by atoms with Crippen molar-refractivity contribution in [3.8, 4) is 11.3 Å². The second kappa shape index (κ2) is 4.96. The van der Waals surface area contributed by atoms with E-state index in [1.54, 1.807) is 18.2 Å². The lowest BCUT2D eigenvalue weighted by molar-refractivity contribution is 0.398. The average Bonchev–Trinajstić information content (AvgIpc) is 2.64. The quantitative estimate of drug-likeness (QED) is 0.702. The standard InChI is InChI=1S/C10H5BrCl3NO/c11-4-6-3-9(15-16-6)10-7(13)1-5(12)2-8(10)14/h1-3H,4H2. The first-order valence-electron chi connectivity index (χ1n) is 4.28. The third-order valence-corrected chi connectivity index (χ3v) is 3.32. The third kappa shape index (κ3) is 2.38. The predicted molar refractivity (Wildman–Crippen MR) is 69.6 cm³/mol. The molecule has 0 radical (unpaired) electrons. The Morgan fingerprint density at radius 1 is 1.12 bits per heavy atom. The molecule has 6 heteroatoms. The van der Waals surface area contributed by atoms with Gasteiger partial charge in [0.05, 0.1) is 15.4 Å². The molecular formula is C10H5BrCl3NO. The molecule has 0 amide bonds. The van der Waals surface area contributed by atoms with Gasteiger partial charge in [0, 0.05) is 16.7 Å². The molecule has 2 rings (SSSR count). The zero-order valence-electron chi connectivity index (χ0n) is 7.81. The Kier molecular flexibility index (Phi) is 3.80. The third-order valence-electron chi connectivity index (χ3n) is 1.95. The van der Waals surface area contributed by atoms with Gasteiger partial charge in [-0.15, -0.1) is 0 Å². The van der Waals surface area contributed by atoms with Crippen molar-refractivity contribution in [3.05, 3.63) is 39.0 Å². The maximum absolute atomic E-state index is 6.06. The van der Waals surface area contributed by atoms with Crippen LogP contribution in [0.15, 0.2) is 22.7 Å². The van der Waals surface area contributed by atoms with E-state index in [-0.39, 0.29) is 0 Å². The lowest BCUT2D eigenvalue weighted by atomic mass is 10.1. The fraction of sp³-hybridized carbons (Fsp3) is 0.100. The Bertz CT molecular complexity index is 504. The molecule has 0 aliphatic rings. The van der Waals surface area contributed by atoms with Crippen LogP contribution in [-0.2, 0) is 5.33 Å². The normalized spacial score (nSPS) is 10.8. The van der Waals surface area contributed by atoms with Crippen LogP contribution in [0.2, 0.25) is 15.1 Å². The summed E-state index contributed by atoms with van der Waals surface area (Å²) in [6.45, 7) is 0. The first-order chi connectivity index (χ1) is 7.61. The zero-order chi connectivity index (χ0) is 11.7. The van der Waals surface area contributed by atoms with Gasteiger partial charge in [0.25, 0.3) is 0 Å². The molecule has 0 spiro atoms. The van der Waals surface area contributed by atoms with Crippen molar-refractivity contribution in [2.45, 2.75) is 5.33 Å². The van der Waals surface area contributed by atoms with Crippen LogP contribution in [0.25, 0.3) is 11.3 Å². The minimum atomic E-state index is 0.451. The molecule has 2 aromatic rings. The number of benzene rings is 1. The summed E-state index contributed by atoms with van der Waals surface area (Å²) in [5, 5.41) is 5.87. The molecule has 0 fully saturated rings. The van der Waals surface area contributed by atoms with Gasteiger partial charge < -0.3 is 4.52 Å². The minimum Gasteiger partial charge on any atom is -0.360 e. The summed E-state index contributed by atoms with van der Waals surface area (Å²) in [5.74, 6) is 0.706. The van der Waals surface area contributed by atoms with E-state index in [4.69, 9.17) is 39.3 Å².